The summed E-state index contributed by atoms with van der Waals surface area (Å²) in [7, 11) is 0. The molecule has 0 aromatic carbocycles. The molecule has 1 aliphatic heterocycles. The smallest absolute Gasteiger partial charge is 0.0558 e. The van der Waals surface area contributed by atoms with Crippen molar-refractivity contribution in [2.24, 2.45) is 5.41 Å². The van der Waals surface area contributed by atoms with Crippen LogP contribution in [0.15, 0.2) is 0 Å². The van der Waals surface area contributed by atoms with Crippen LogP contribution in [0.4, 0.5) is 0 Å². The molecule has 1 rings (SSSR count). The molecule has 4 heteroatoms. The monoisotopic (exact) mass is 272 g/mol. The normalized spacial score (nSPS) is 24.9. The quantitative estimate of drug-likeness (QED) is 0.737. The number of likely N-dealkylation sites (N-methyl/N-ethyl adjacent to an activating group) is 1. The Morgan fingerprint density at radius 1 is 1.37 bits per heavy atom. The topological polar surface area (TPSA) is 44.7 Å². The number of rotatable bonds is 7. The van der Waals surface area contributed by atoms with Gasteiger partial charge < -0.3 is 20.1 Å². The molecule has 0 aromatic rings. The van der Waals surface area contributed by atoms with E-state index in [4.69, 9.17) is 9.84 Å². The summed E-state index contributed by atoms with van der Waals surface area (Å²) in [4.78, 5) is 2.33. The van der Waals surface area contributed by atoms with Crippen LogP contribution in [0.5, 0.6) is 0 Å². The Morgan fingerprint density at radius 3 is 2.58 bits per heavy atom. The lowest BCUT2D eigenvalue weighted by Gasteiger charge is -2.42. The van der Waals surface area contributed by atoms with Gasteiger partial charge in [0, 0.05) is 37.2 Å². The molecule has 114 valence electrons. The van der Waals surface area contributed by atoms with Crippen LogP contribution in [0.1, 0.15) is 40.5 Å². The van der Waals surface area contributed by atoms with E-state index < -0.39 is 0 Å². The van der Waals surface area contributed by atoms with E-state index in [1.165, 1.54) is 6.42 Å². The van der Waals surface area contributed by atoms with Crippen molar-refractivity contribution in [1.29, 1.82) is 0 Å². The Bertz CT molecular complexity index is 245. The van der Waals surface area contributed by atoms with Gasteiger partial charge in [-0.25, -0.2) is 0 Å². The molecule has 0 spiro atoms. The molecule has 0 bridgehead atoms. The third kappa shape index (κ3) is 6.21. The highest BCUT2D eigenvalue weighted by atomic mass is 16.5. The summed E-state index contributed by atoms with van der Waals surface area (Å²) in [5.74, 6) is 0. The lowest BCUT2D eigenvalue weighted by atomic mass is 9.81. The van der Waals surface area contributed by atoms with Crippen molar-refractivity contribution in [3.8, 4) is 0 Å². The van der Waals surface area contributed by atoms with Gasteiger partial charge >= 0.3 is 0 Å². The van der Waals surface area contributed by atoms with Gasteiger partial charge in [-0.1, -0.05) is 6.92 Å². The highest BCUT2D eigenvalue weighted by Gasteiger charge is 2.35. The van der Waals surface area contributed by atoms with E-state index in [9.17, 15) is 0 Å². The molecule has 1 fully saturated rings. The van der Waals surface area contributed by atoms with Crippen LogP contribution < -0.4 is 5.32 Å². The number of aliphatic hydroxyl groups excluding tert-OH is 1. The minimum Gasteiger partial charge on any atom is -0.395 e. The Hall–Kier alpha value is -0.160. The molecule has 1 saturated heterocycles. The number of aliphatic hydroxyl groups is 1. The lowest BCUT2D eigenvalue weighted by Crippen LogP contribution is -2.52. The van der Waals surface area contributed by atoms with E-state index in [-0.39, 0.29) is 17.6 Å². The highest BCUT2D eigenvalue weighted by molar-refractivity contribution is 4.89. The van der Waals surface area contributed by atoms with E-state index in [0.717, 1.165) is 45.8 Å². The average Bonchev–Trinajstić information content (AvgIpc) is 2.36. The zero-order valence-electron chi connectivity index (χ0n) is 13.2. The third-order valence-corrected chi connectivity index (χ3v) is 3.82. The Morgan fingerprint density at radius 2 is 2.11 bits per heavy atom. The molecule has 1 atom stereocenters. The van der Waals surface area contributed by atoms with Crippen molar-refractivity contribution in [2.75, 3.05) is 46.0 Å². The lowest BCUT2D eigenvalue weighted by molar-refractivity contribution is -0.0298. The van der Waals surface area contributed by atoms with Crippen molar-refractivity contribution >= 4 is 0 Å². The summed E-state index contributed by atoms with van der Waals surface area (Å²) in [6.45, 7) is 14.5. The Balaban J connectivity index is 2.63. The second-order valence-electron chi connectivity index (χ2n) is 6.85. The van der Waals surface area contributed by atoms with Crippen molar-refractivity contribution in [1.82, 2.24) is 10.2 Å². The predicted molar refractivity (Wildman–Crippen MR) is 79.4 cm³/mol. The fourth-order valence-corrected chi connectivity index (χ4v) is 2.65. The first-order valence-electron chi connectivity index (χ1n) is 7.57. The first kappa shape index (κ1) is 16.9. The van der Waals surface area contributed by atoms with E-state index in [1.807, 2.05) is 0 Å². The van der Waals surface area contributed by atoms with Crippen LogP contribution >= 0.6 is 0 Å². The number of nitrogens with zero attached hydrogens (tertiary/aromatic N) is 1. The third-order valence-electron chi connectivity index (χ3n) is 3.82. The number of hydrogen-bond donors (Lipinski definition) is 2. The Labute approximate surface area is 118 Å². The maximum Gasteiger partial charge on any atom is 0.0558 e. The predicted octanol–water partition coefficient (Wildman–Crippen LogP) is 1.49. The SMILES string of the molecule is CCN(CCO)CC1(CNC(C)(C)C)CCCOC1. The van der Waals surface area contributed by atoms with Crippen LogP contribution in [-0.4, -0.2) is 61.5 Å². The minimum atomic E-state index is 0.137. The fraction of sp³-hybridized carbons (Fsp3) is 1.00. The van der Waals surface area contributed by atoms with E-state index >= 15 is 0 Å². The summed E-state index contributed by atoms with van der Waals surface area (Å²) < 4.78 is 5.75. The Kier molecular flexibility index (Phi) is 6.74. The van der Waals surface area contributed by atoms with Gasteiger partial charge in [0.15, 0.2) is 0 Å². The standard InChI is InChI=1S/C15H32N2O2/c1-5-17(8-9-18)12-15(7-6-10-19-13-15)11-16-14(2,3)4/h16,18H,5-13H2,1-4H3. The van der Waals surface area contributed by atoms with Gasteiger partial charge in [0.1, 0.15) is 0 Å². The zero-order chi connectivity index (χ0) is 14.4. The molecule has 1 heterocycles. The second kappa shape index (κ2) is 7.58. The molecule has 2 N–H and O–H groups in total. The summed E-state index contributed by atoms with van der Waals surface area (Å²) in [6.07, 6.45) is 2.35. The van der Waals surface area contributed by atoms with Crippen LogP contribution in [0.25, 0.3) is 0 Å². The molecule has 0 amide bonds. The van der Waals surface area contributed by atoms with Crippen LogP contribution in [0.3, 0.4) is 0 Å². The molecular weight excluding hydrogens is 240 g/mol. The molecule has 19 heavy (non-hydrogen) atoms. The van der Waals surface area contributed by atoms with Gasteiger partial charge in [0.05, 0.1) is 13.2 Å². The largest absolute Gasteiger partial charge is 0.395 e. The summed E-state index contributed by atoms with van der Waals surface area (Å²) in [5, 5.41) is 12.8. The maximum atomic E-state index is 9.15. The first-order chi connectivity index (χ1) is 8.91. The van der Waals surface area contributed by atoms with Crippen molar-refractivity contribution < 1.29 is 9.84 Å². The molecule has 4 nitrogen and oxygen atoms in total. The molecular formula is C15H32N2O2. The summed E-state index contributed by atoms with van der Waals surface area (Å²) >= 11 is 0. The van der Waals surface area contributed by atoms with E-state index in [2.05, 4.69) is 37.9 Å². The molecule has 1 unspecified atom stereocenters. The molecule has 0 radical (unpaired) electrons. The summed E-state index contributed by atoms with van der Waals surface area (Å²) in [6, 6.07) is 0. The molecule has 0 saturated carbocycles. The fourth-order valence-electron chi connectivity index (χ4n) is 2.65. The van der Waals surface area contributed by atoms with Crippen molar-refractivity contribution in [2.45, 2.75) is 46.1 Å². The van der Waals surface area contributed by atoms with Gasteiger partial charge in [-0.3, -0.25) is 0 Å². The van der Waals surface area contributed by atoms with Crippen LogP contribution in [0, 0.1) is 5.41 Å². The molecule has 0 aliphatic carbocycles. The maximum absolute atomic E-state index is 9.15. The van der Waals surface area contributed by atoms with Crippen molar-refractivity contribution in [3.05, 3.63) is 0 Å². The number of nitrogens with one attached hydrogen (secondary N) is 1. The zero-order valence-corrected chi connectivity index (χ0v) is 13.2. The van der Waals surface area contributed by atoms with E-state index in [0.29, 0.717) is 0 Å². The molecule has 0 aromatic heterocycles. The van der Waals surface area contributed by atoms with Gasteiger partial charge in [0.2, 0.25) is 0 Å². The second-order valence-corrected chi connectivity index (χ2v) is 6.85. The van der Waals surface area contributed by atoms with Crippen LogP contribution in [0.2, 0.25) is 0 Å². The van der Waals surface area contributed by atoms with E-state index in [1.54, 1.807) is 0 Å². The van der Waals surface area contributed by atoms with Gasteiger partial charge in [-0.15, -0.1) is 0 Å². The molecule has 1 aliphatic rings. The highest BCUT2D eigenvalue weighted by Crippen LogP contribution is 2.29. The van der Waals surface area contributed by atoms with Gasteiger partial charge in [0.25, 0.3) is 0 Å². The van der Waals surface area contributed by atoms with Gasteiger partial charge in [-0.2, -0.15) is 0 Å². The average molecular weight is 272 g/mol. The summed E-state index contributed by atoms with van der Waals surface area (Å²) in [5.41, 5.74) is 0.329. The first-order valence-corrected chi connectivity index (χ1v) is 7.57. The minimum absolute atomic E-state index is 0.137. The number of hydrogen-bond acceptors (Lipinski definition) is 4. The van der Waals surface area contributed by atoms with Crippen molar-refractivity contribution in [3.63, 3.8) is 0 Å². The number of ether oxygens (including phenoxy) is 1. The van der Waals surface area contributed by atoms with Gasteiger partial charge in [-0.05, 0) is 40.2 Å². The van der Waals surface area contributed by atoms with Crippen LogP contribution in [-0.2, 0) is 4.74 Å².